The van der Waals surface area contributed by atoms with Crippen LogP contribution in [0.3, 0.4) is 0 Å². The molecule has 27 heavy (non-hydrogen) atoms. The van der Waals surface area contributed by atoms with Crippen LogP contribution in [-0.2, 0) is 0 Å². The van der Waals surface area contributed by atoms with Crippen LogP contribution in [-0.4, -0.2) is 12.5 Å². The summed E-state index contributed by atoms with van der Waals surface area (Å²) in [7, 11) is 0. The van der Waals surface area contributed by atoms with Crippen molar-refractivity contribution in [3.63, 3.8) is 0 Å². The van der Waals surface area contributed by atoms with Crippen molar-refractivity contribution in [1.29, 1.82) is 5.26 Å². The van der Waals surface area contributed by atoms with E-state index in [9.17, 15) is 14.4 Å². The maximum Gasteiger partial charge on any atom is 0.256 e. The van der Waals surface area contributed by atoms with Crippen LogP contribution in [0.25, 0.3) is 11.1 Å². The molecule has 3 aromatic rings. The fourth-order valence-corrected chi connectivity index (χ4v) is 2.80. The molecule has 0 aliphatic heterocycles. The molecule has 0 aromatic heterocycles. The van der Waals surface area contributed by atoms with Gasteiger partial charge in [0.15, 0.2) is 0 Å². The van der Waals surface area contributed by atoms with Crippen LogP contribution in [0.1, 0.15) is 22.8 Å². The molecule has 3 rings (SSSR count). The van der Waals surface area contributed by atoms with Gasteiger partial charge in [0.25, 0.3) is 5.91 Å². The minimum atomic E-state index is -0.445. The highest BCUT2D eigenvalue weighted by Gasteiger charge is 2.16. The van der Waals surface area contributed by atoms with E-state index in [1.807, 2.05) is 12.1 Å². The molecule has 0 aliphatic carbocycles. The Morgan fingerprint density at radius 3 is 2.52 bits per heavy atom. The minimum absolute atomic E-state index is 0.265. The smallest absolute Gasteiger partial charge is 0.256 e. The van der Waals surface area contributed by atoms with Gasteiger partial charge in [0.1, 0.15) is 11.6 Å². The standard InChI is InChI=1S/C22H17FN2O2/c1-2-27-21-13-16(23)11-12-20(21)25-22(26)19-10-6-5-9-18(19)17-8-4-3-7-15(17)14-24/h3-13H,2H2,1H3,(H,25,26). The SMILES string of the molecule is CCOc1cc(F)ccc1NC(=O)c1ccccc1-c1ccccc1C#N. The van der Waals surface area contributed by atoms with E-state index in [4.69, 9.17) is 4.74 Å². The first-order valence-corrected chi connectivity index (χ1v) is 8.46. The lowest BCUT2D eigenvalue weighted by atomic mass is 9.95. The third-order valence-corrected chi connectivity index (χ3v) is 4.00. The van der Waals surface area contributed by atoms with Crippen LogP contribution in [0.15, 0.2) is 66.7 Å². The van der Waals surface area contributed by atoms with Crippen molar-refractivity contribution in [2.75, 3.05) is 11.9 Å². The Balaban J connectivity index is 1.99. The van der Waals surface area contributed by atoms with Gasteiger partial charge in [0, 0.05) is 17.2 Å². The topological polar surface area (TPSA) is 62.1 Å². The van der Waals surface area contributed by atoms with E-state index in [-0.39, 0.29) is 11.7 Å². The van der Waals surface area contributed by atoms with Crippen molar-refractivity contribution in [2.24, 2.45) is 0 Å². The van der Waals surface area contributed by atoms with Gasteiger partial charge in [-0.15, -0.1) is 0 Å². The number of hydrogen-bond donors (Lipinski definition) is 1. The molecule has 0 aliphatic rings. The molecule has 1 amide bonds. The van der Waals surface area contributed by atoms with E-state index < -0.39 is 5.82 Å². The number of benzene rings is 3. The largest absolute Gasteiger partial charge is 0.492 e. The Morgan fingerprint density at radius 2 is 1.78 bits per heavy atom. The van der Waals surface area contributed by atoms with Gasteiger partial charge in [0.05, 0.1) is 23.9 Å². The van der Waals surface area contributed by atoms with Gasteiger partial charge < -0.3 is 10.1 Å². The molecule has 5 heteroatoms. The molecule has 0 atom stereocenters. The zero-order chi connectivity index (χ0) is 19.2. The second-order valence-electron chi connectivity index (χ2n) is 5.73. The summed E-state index contributed by atoms with van der Waals surface area (Å²) in [6.07, 6.45) is 0. The summed E-state index contributed by atoms with van der Waals surface area (Å²) in [5.41, 5.74) is 2.59. The molecule has 0 fully saturated rings. The van der Waals surface area contributed by atoms with Crippen LogP contribution < -0.4 is 10.1 Å². The van der Waals surface area contributed by atoms with Crippen LogP contribution in [0.2, 0.25) is 0 Å². The molecular formula is C22H17FN2O2. The zero-order valence-electron chi connectivity index (χ0n) is 14.7. The average molecular weight is 360 g/mol. The van der Waals surface area contributed by atoms with Crippen molar-refractivity contribution in [3.05, 3.63) is 83.7 Å². The number of carbonyl (C=O) groups excluding carboxylic acids is 1. The number of hydrogen-bond acceptors (Lipinski definition) is 3. The van der Waals surface area contributed by atoms with E-state index in [0.717, 1.165) is 0 Å². The van der Waals surface area contributed by atoms with Crippen molar-refractivity contribution in [2.45, 2.75) is 6.92 Å². The number of nitriles is 1. The molecule has 0 saturated carbocycles. The van der Waals surface area contributed by atoms with E-state index in [0.29, 0.717) is 34.5 Å². The van der Waals surface area contributed by atoms with Crippen molar-refractivity contribution in [3.8, 4) is 22.9 Å². The van der Waals surface area contributed by atoms with Gasteiger partial charge in [-0.05, 0) is 36.8 Å². The van der Waals surface area contributed by atoms with E-state index in [1.165, 1.54) is 18.2 Å². The van der Waals surface area contributed by atoms with Crippen molar-refractivity contribution in [1.82, 2.24) is 0 Å². The number of nitrogens with zero attached hydrogens (tertiary/aromatic N) is 1. The lowest BCUT2D eigenvalue weighted by Gasteiger charge is -2.14. The summed E-state index contributed by atoms with van der Waals surface area (Å²) in [6.45, 7) is 2.13. The molecule has 4 nitrogen and oxygen atoms in total. The molecule has 0 unspecified atom stereocenters. The molecule has 0 bridgehead atoms. The third-order valence-electron chi connectivity index (χ3n) is 4.00. The number of amides is 1. The van der Waals surface area contributed by atoms with Crippen molar-refractivity contribution < 1.29 is 13.9 Å². The Morgan fingerprint density at radius 1 is 1.07 bits per heavy atom. The number of halogens is 1. The molecule has 0 radical (unpaired) electrons. The minimum Gasteiger partial charge on any atom is -0.492 e. The Kier molecular flexibility index (Phi) is 5.48. The van der Waals surface area contributed by atoms with Crippen LogP contribution >= 0.6 is 0 Å². The summed E-state index contributed by atoms with van der Waals surface area (Å²) in [6, 6.07) is 20.2. The quantitative estimate of drug-likeness (QED) is 0.695. The first-order valence-electron chi connectivity index (χ1n) is 8.46. The lowest BCUT2D eigenvalue weighted by Crippen LogP contribution is -2.14. The summed E-state index contributed by atoms with van der Waals surface area (Å²) in [5.74, 6) is -0.550. The first kappa shape index (κ1) is 18.2. The summed E-state index contributed by atoms with van der Waals surface area (Å²) < 4.78 is 18.9. The second-order valence-corrected chi connectivity index (χ2v) is 5.73. The van der Waals surface area contributed by atoms with Gasteiger partial charge in [-0.3, -0.25) is 4.79 Å². The van der Waals surface area contributed by atoms with E-state index >= 15 is 0 Å². The predicted molar refractivity (Wildman–Crippen MR) is 102 cm³/mol. The van der Waals surface area contributed by atoms with Crippen LogP contribution in [0.4, 0.5) is 10.1 Å². The predicted octanol–water partition coefficient (Wildman–Crippen LogP) is 5.02. The number of anilines is 1. The van der Waals surface area contributed by atoms with E-state index in [1.54, 1.807) is 43.3 Å². The monoisotopic (exact) mass is 360 g/mol. The number of carbonyl (C=O) groups is 1. The first-order chi connectivity index (χ1) is 13.1. The molecule has 134 valence electrons. The van der Waals surface area contributed by atoms with Gasteiger partial charge in [-0.2, -0.15) is 5.26 Å². The van der Waals surface area contributed by atoms with Gasteiger partial charge >= 0.3 is 0 Å². The summed E-state index contributed by atoms with van der Waals surface area (Å²) in [4.78, 5) is 12.9. The van der Waals surface area contributed by atoms with E-state index in [2.05, 4.69) is 11.4 Å². The Hall–Kier alpha value is -3.65. The molecule has 1 N–H and O–H groups in total. The third kappa shape index (κ3) is 3.96. The van der Waals surface area contributed by atoms with Gasteiger partial charge in [0.2, 0.25) is 0 Å². The molecular weight excluding hydrogens is 343 g/mol. The second kappa shape index (κ2) is 8.15. The molecule has 0 spiro atoms. The maximum absolute atomic E-state index is 13.5. The number of nitrogens with one attached hydrogen (secondary N) is 1. The van der Waals surface area contributed by atoms with Gasteiger partial charge in [-0.1, -0.05) is 36.4 Å². The average Bonchev–Trinajstić information content (AvgIpc) is 2.70. The Bertz CT molecular complexity index is 1020. The number of rotatable bonds is 5. The fraction of sp³-hybridized carbons (Fsp3) is 0.0909. The zero-order valence-corrected chi connectivity index (χ0v) is 14.7. The highest BCUT2D eigenvalue weighted by Crippen LogP contribution is 2.30. The molecule has 0 heterocycles. The van der Waals surface area contributed by atoms with Crippen molar-refractivity contribution >= 4 is 11.6 Å². The normalized spacial score (nSPS) is 10.1. The molecule has 3 aromatic carbocycles. The van der Waals surface area contributed by atoms with Crippen LogP contribution in [0, 0.1) is 17.1 Å². The number of ether oxygens (including phenoxy) is 1. The Labute approximate surface area is 156 Å². The molecule has 0 saturated heterocycles. The van der Waals surface area contributed by atoms with Crippen LogP contribution in [0.5, 0.6) is 5.75 Å². The highest BCUT2D eigenvalue weighted by molar-refractivity contribution is 6.09. The summed E-state index contributed by atoms with van der Waals surface area (Å²) >= 11 is 0. The maximum atomic E-state index is 13.5. The fourth-order valence-electron chi connectivity index (χ4n) is 2.80. The summed E-state index contributed by atoms with van der Waals surface area (Å²) in [5, 5.41) is 12.1. The highest BCUT2D eigenvalue weighted by atomic mass is 19.1. The van der Waals surface area contributed by atoms with Gasteiger partial charge in [-0.25, -0.2) is 4.39 Å². The lowest BCUT2D eigenvalue weighted by molar-refractivity contribution is 0.102.